The number of aromatic nitrogens is 2. The Morgan fingerprint density at radius 2 is 2.16 bits per heavy atom. The van der Waals surface area contributed by atoms with Crippen LogP contribution in [0.3, 0.4) is 0 Å². The highest BCUT2D eigenvalue weighted by Gasteiger charge is 2.21. The molecule has 0 atom stereocenters. The first-order valence-electron chi connectivity index (χ1n) is 5.83. The van der Waals surface area contributed by atoms with Crippen molar-refractivity contribution >= 4 is 33.8 Å². The summed E-state index contributed by atoms with van der Waals surface area (Å²) in [6.07, 6.45) is 0. The molecule has 2 rings (SSSR count). The SMILES string of the molecule is CNc1snc(C)c1C(=O)N(C)Cc1scnc1C. The van der Waals surface area contributed by atoms with E-state index >= 15 is 0 Å². The second-order valence-electron chi connectivity index (χ2n) is 4.24. The minimum atomic E-state index is -0.0107. The van der Waals surface area contributed by atoms with Gasteiger partial charge in [-0.25, -0.2) is 4.98 Å². The van der Waals surface area contributed by atoms with Gasteiger partial charge in [-0.3, -0.25) is 4.79 Å². The third-order valence-electron chi connectivity index (χ3n) is 2.88. The van der Waals surface area contributed by atoms with Gasteiger partial charge in [0.05, 0.1) is 29.0 Å². The number of hydrogen-bond donors (Lipinski definition) is 1. The van der Waals surface area contributed by atoms with Crippen molar-refractivity contribution in [3.05, 3.63) is 27.3 Å². The van der Waals surface area contributed by atoms with Crippen molar-refractivity contribution in [2.75, 3.05) is 19.4 Å². The molecule has 0 spiro atoms. The molecule has 0 aliphatic carbocycles. The van der Waals surface area contributed by atoms with E-state index < -0.39 is 0 Å². The second kappa shape index (κ2) is 5.66. The van der Waals surface area contributed by atoms with Crippen molar-refractivity contribution in [1.82, 2.24) is 14.3 Å². The molecular formula is C12H16N4OS2. The van der Waals surface area contributed by atoms with Gasteiger partial charge in [-0.1, -0.05) is 0 Å². The number of hydrogen-bond acceptors (Lipinski definition) is 6. The molecule has 19 heavy (non-hydrogen) atoms. The number of amides is 1. The molecular weight excluding hydrogens is 280 g/mol. The van der Waals surface area contributed by atoms with Crippen molar-refractivity contribution in [2.24, 2.45) is 0 Å². The highest BCUT2D eigenvalue weighted by molar-refractivity contribution is 7.10. The number of carbonyl (C=O) groups is 1. The summed E-state index contributed by atoms with van der Waals surface area (Å²) in [5.74, 6) is -0.0107. The van der Waals surface area contributed by atoms with Gasteiger partial charge in [0.15, 0.2) is 0 Å². The van der Waals surface area contributed by atoms with Crippen molar-refractivity contribution in [1.29, 1.82) is 0 Å². The van der Waals surface area contributed by atoms with E-state index in [4.69, 9.17) is 0 Å². The molecule has 2 aromatic rings. The molecule has 0 bridgehead atoms. The van der Waals surface area contributed by atoms with Gasteiger partial charge < -0.3 is 10.2 Å². The van der Waals surface area contributed by atoms with Crippen LogP contribution in [0.5, 0.6) is 0 Å². The number of nitrogens with zero attached hydrogens (tertiary/aromatic N) is 3. The molecule has 2 aromatic heterocycles. The van der Waals surface area contributed by atoms with E-state index in [0.717, 1.165) is 21.3 Å². The topological polar surface area (TPSA) is 58.1 Å². The van der Waals surface area contributed by atoms with Gasteiger partial charge in [0.2, 0.25) is 0 Å². The maximum atomic E-state index is 12.5. The summed E-state index contributed by atoms with van der Waals surface area (Å²) < 4.78 is 4.23. The van der Waals surface area contributed by atoms with Crippen molar-refractivity contribution < 1.29 is 4.79 Å². The zero-order valence-electron chi connectivity index (χ0n) is 11.4. The maximum Gasteiger partial charge on any atom is 0.258 e. The molecule has 102 valence electrons. The Kier molecular flexibility index (Phi) is 4.16. The quantitative estimate of drug-likeness (QED) is 0.942. The predicted octanol–water partition coefficient (Wildman–Crippen LogP) is 2.53. The fourth-order valence-corrected chi connectivity index (χ4v) is 3.31. The molecule has 0 fully saturated rings. The van der Waals surface area contributed by atoms with Gasteiger partial charge in [-0.05, 0) is 25.4 Å². The van der Waals surface area contributed by atoms with E-state index in [-0.39, 0.29) is 5.91 Å². The van der Waals surface area contributed by atoms with Crippen LogP contribution in [0.2, 0.25) is 0 Å². The highest BCUT2D eigenvalue weighted by atomic mass is 32.1. The summed E-state index contributed by atoms with van der Waals surface area (Å²) in [6, 6.07) is 0. The van der Waals surface area contributed by atoms with Crippen LogP contribution in [-0.2, 0) is 6.54 Å². The van der Waals surface area contributed by atoms with Crippen molar-refractivity contribution in [3.8, 4) is 0 Å². The zero-order valence-corrected chi connectivity index (χ0v) is 13.0. The molecule has 0 saturated heterocycles. The van der Waals surface area contributed by atoms with Gasteiger partial charge in [-0.2, -0.15) is 4.37 Å². The second-order valence-corrected chi connectivity index (χ2v) is 5.96. The Bertz CT molecular complexity index is 590. The molecule has 1 amide bonds. The third-order valence-corrected chi connectivity index (χ3v) is 4.75. The number of thiazole rings is 1. The van der Waals surface area contributed by atoms with Gasteiger partial charge in [0, 0.05) is 19.0 Å². The van der Waals surface area contributed by atoms with Crippen LogP contribution in [-0.4, -0.2) is 34.3 Å². The minimum absolute atomic E-state index is 0.0107. The number of rotatable bonds is 4. The number of nitrogens with one attached hydrogen (secondary N) is 1. The lowest BCUT2D eigenvalue weighted by Gasteiger charge is -2.17. The van der Waals surface area contributed by atoms with Gasteiger partial charge in [0.25, 0.3) is 5.91 Å². The van der Waals surface area contributed by atoms with E-state index in [0.29, 0.717) is 12.1 Å². The van der Waals surface area contributed by atoms with Crippen LogP contribution in [0.15, 0.2) is 5.51 Å². The average molecular weight is 296 g/mol. The van der Waals surface area contributed by atoms with Gasteiger partial charge in [-0.15, -0.1) is 11.3 Å². The van der Waals surface area contributed by atoms with Crippen LogP contribution in [0.25, 0.3) is 0 Å². The van der Waals surface area contributed by atoms with Crippen LogP contribution >= 0.6 is 22.9 Å². The summed E-state index contributed by atoms with van der Waals surface area (Å²) in [7, 11) is 3.61. The molecule has 0 saturated carbocycles. The van der Waals surface area contributed by atoms with Crippen LogP contribution in [0, 0.1) is 13.8 Å². The summed E-state index contributed by atoms with van der Waals surface area (Å²) in [5.41, 5.74) is 4.22. The maximum absolute atomic E-state index is 12.5. The molecule has 0 unspecified atom stereocenters. The number of aryl methyl sites for hydroxylation is 2. The Labute approximate surface area is 120 Å². The predicted molar refractivity (Wildman–Crippen MR) is 79.0 cm³/mol. The lowest BCUT2D eigenvalue weighted by molar-refractivity contribution is 0.0786. The first-order valence-corrected chi connectivity index (χ1v) is 7.48. The fourth-order valence-electron chi connectivity index (χ4n) is 1.75. The minimum Gasteiger partial charge on any atom is -0.378 e. The van der Waals surface area contributed by atoms with Gasteiger partial charge in [0.1, 0.15) is 5.00 Å². The van der Waals surface area contributed by atoms with E-state index in [1.54, 1.807) is 35.8 Å². The molecule has 1 N–H and O–H groups in total. The molecule has 2 heterocycles. The molecule has 0 radical (unpaired) electrons. The van der Waals surface area contributed by atoms with Crippen molar-refractivity contribution in [3.63, 3.8) is 0 Å². The average Bonchev–Trinajstić information content (AvgIpc) is 2.95. The molecule has 7 heteroatoms. The largest absolute Gasteiger partial charge is 0.378 e. The summed E-state index contributed by atoms with van der Waals surface area (Å²) >= 11 is 2.89. The number of carbonyl (C=O) groups excluding carboxylic acids is 1. The standard InChI is InChI=1S/C12H16N4OS2/c1-7-9(18-6-14-7)5-16(4)12(17)10-8(2)15-19-11(10)13-3/h6,13H,5H2,1-4H3. The van der Waals surface area contributed by atoms with Gasteiger partial charge >= 0.3 is 0 Å². The number of anilines is 1. The normalized spacial score (nSPS) is 10.5. The highest BCUT2D eigenvalue weighted by Crippen LogP contribution is 2.26. The summed E-state index contributed by atoms with van der Waals surface area (Å²) in [4.78, 5) is 19.5. The third kappa shape index (κ3) is 2.76. The molecule has 0 aliphatic heterocycles. The lowest BCUT2D eigenvalue weighted by Crippen LogP contribution is -2.27. The Balaban J connectivity index is 2.19. The Morgan fingerprint density at radius 3 is 2.74 bits per heavy atom. The molecule has 0 aliphatic rings. The van der Waals surface area contributed by atoms with Crippen LogP contribution < -0.4 is 5.32 Å². The first-order chi connectivity index (χ1) is 9.04. The molecule has 5 nitrogen and oxygen atoms in total. The Hall–Kier alpha value is -1.47. The van der Waals surface area contributed by atoms with E-state index in [1.807, 2.05) is 13.8 Å². The van der Waals surface area contributed by atoms with Crippen molar-refractivity contribution in [2.45, 2.75) is 20.4 Å². The first kappa shape index (κ1) is 14.0. The lowest BCUT2D eigenvalue weighted by atomic mass is 10.2. The fraction of sp³-hybridized carbons (Fsp3) is 0.417. The zero-order chi connectivity index (χ0) is 14.0. The summed E-state index contributed by atoms with van der Waals surface area (Å²) in [6.45, 7) is 4.39. The van der Waals surface area contributed by atoms with E-state index in [9.17, 15) is 4.79 Å². The van der Waals surface area contributed by atoms with E-state index in [2.05, 4.69) is 14.7 Å². The van der Waals surface area contributed by atoms with Crippen LogP contribution in [0.4, 0.5) is 5.00 Å². The van der Waals surface area contributed by atoms with Crippen LogP contribution in [0.1, 0.15) is 26.6 Å². The monoisotopic (exact) mass is 296 g/mol. The molecule has 0 aromatic carbocycles. The van der Waals surface area contributed by atoms with E-state index in [1.165, 1.54) is 11.5 Å². The Morgan fingerprint density at radius 1 is 1.42 bits per heavy atom. The smallest absolute Gasteiger partial charge is 0.258 e. The summed E-state index contributed by atoms with van der Waals surface area (Å²) in [5, 5.41) is 3.84.